The van der Waals surface area contributed by atoms with Crippen LogP contribution in [-0.2, 0) is 0 Å². The van der Waals surface area contributed by atoms with Crippen LogP contribution >= 0.6 is 35.3 Å². The van der Waals surface area contributed by atoms with Crippen LogP contribution in [0.15, 0.2) is 0 Å². The Morgan fingerprint density at radius 1 is 0.900 bits per heavy atom. The molecule has 10 heavy (non-hydrogen) atoms. The summed E-state index contributed by atoms with van der Waals surface area (Å²) in [6.07, 6.45) is 4.22. The summed E-state index contributed by atoms with van der Waals surface area (Å²) in [6, 6.07) is 0. The van der Waals surface area contributed by atoms with E-state index in [0.717, 1.165) is 0 Å². The van der Waals surface area contributed by atoms with Crippen molar-refractivity contribution in [3.63, 3.8) is 0 Å². The molecule has 0 unspecified atom stereocenters. The normalized spacial score (nSPS) is 18.0. The van der Waals surface area contributed by atoms with Gasteiger partial charge in [0.1, 0.15) is 0 Å². The maximum Gasteiger partial charge on any atom is 0.0127 e. The lowest BCUT2D eigenvalue weighted by atomic mass is 10.2. The molecule has 0 bridgehead atoms. The first-order valence-corrected chi connectivity index (χ1v) is 4.23. The van der Waals surface area contributed by atoms with Crippen LogP contribution in [0.5, 0.6) is 0 Å². The van der Waals surface area contributed by atoms with E-state index in [0.29, 0.717) is 3.46 Å². The van der Waals surface area contributed by atoms with Gasteiger partial charge in [-0.05, 0) is 29.4 Å². The Hall–Kier alpha value is 0.790. The van der Waals surface area contributed by atoms with Gasteiger partial charge in [-0.2, -0.15) is 0 Å². The predicted molar refractivity (Wildman–Crippen MR) is 46.1 cm³/mol. The molecule has 0 amide bonds. The van der Waals surface area contributed by atoms with Crippen molar-refractivity contribution in [2.75, 3.05) is 13.1 Å². The second-order valence-corrected chi connectivity index (χ2v) is 3.54. The van der Waals surface area contributed by atoms with E-state index < -0.39 is 0 Å². The first-order chi connectivity index (χ1) is 4.73. The molecule has 1 saturated heterocycles. The molecule has 0 saturated carbocycles. The summed E-state index contributed by atoms with van der Waals surface area (Å²) >= 11 is 13.9. The molecule has 1 fully saturated rings. The number of piperidine rings is 1. The lowest BCUT2D eigenvalue weighted by molar-refractivity contribution is 0.520. The minimum absolute atomic E-state index is 0.417. The predicted octanol–water partition coefficient (Wildman–Crippen LogP) is 2.51. The van der Waals surface area contributed by atoms with E-state index in [1.165, 1.54) is 32.4 Å². The van der Waals surface area contributed by atoms with Gasteiger partial charge in [0.25, 0.3) is 0 Å². The molecule has 0 aliphatic carbocycles. The summed E-state index contributed by atoms with van der Waals surface area (Å²) in [4.78, 5) is 0. The zero-order valence-electron chi connectivity index (χ0n) is 5.62. The van der Waals surface area contributed by atoms with Crippen LogP contribution in [0, 0.1) is 0 Å². The zero-order chi connectivity index (χ0) is 7.82. The van der Waals surface area contributed by atoms with Gasteiger partial charge in [-0.1, -0.05) is 6.42 Å². The first kappa shape index (κ1) is 10.8. The van der Waals surface area contributed by atoms with Crippen LogP contribution in [0.2, 0.25) is 0 Å². The van der Waals surface area contributed by atoms with Crippen molar-refractivity contribution in [1.29, 1.82) is 0 Å². The van der Waals surface area contributed by atoms with Crippen LogP contribution in [0.4, 0.5) is 0 Å². The maximum absolute atomic E-state index is 4.64. The van der Waals surface area contributed by atoms with E-state index in [1.807, 2.05) is 0 Å². The van der Waals surface area contributed by atoms with Crippen molar-refractivity contribution in [2.45, 2.75) is 19.3 Å². The molecule has 1 aliphatic heterocycles. The Morgan fingerprint density at radius 2 is 1.30 bits per heavy atom. The van der Waals surface area contributed by atoms with Gasteiger partial charge in [-0.15, -0.1) is 0 Å². The molecule has 1 rings (SSSR count). The Labute approximate surface area is 76.8 Å². The molecule has 0 atom stereocenters. The Kier molecular flexibility index (Phi) is 8.52. The molecule has 0 radical (unpaired) electrons. The summed E-state index contributed by atoms with van der Waals surface area (Å²) in [7, 11) is 0. The molecule has 0 aromatic carbocycles. The van der Waals surface area contributed by atoms with Crippen LogP contribution < -0.4 is 5.32 Å². The van der Waals surface area contributed by atoms with Crippen molar-refractivity contribution >= 4 is 35.3 Å². The van der Waals surface area contributed by atoms with Crippen LogP contribution in [0.1, 0.15) is 19.3 Å². The fourth-order valence-electron chi connectivity index (χ4n) is 0.802. The molecule has 1 heterocycles. The summed E-state index contributed by atoms with van der Waals surface area (Å²) < 4.78 is 0.417. The third-order valence-corrected chi connectivity index (χ3v) is 1.21. The van der Waals surface area contributed by atoms with Crippen molar-refractivity contribution in [3.05, 3.63) is 0 Å². The molecular weight excluding hydrogens is 194 g/mol. The highest BCUT2D eigenvalue weighted by atomic mass is 35.6. The third kappa shape index (κ3) is 11.6. The monoisotopic (exact) mass is 204 g/mol. The van der Waals surface area contributed by atoms with E-state index in [4.69, 9.17) is 0 Å². The molecule has 0 spiro atoms. The molecule has 0 aromatic heterocycles. The number of nitrogens with one attached hydrogen (secondary N) is 1. The summed E-state index contributed by atoms with van der Waals surface area (Å²) in [6.45, 7) is 2.50. The van der Waals surface area contributed by atoms with Gasteiger partial charge in [-0.3, -0.25) is 0 Å². The summed E-state index contributed by atoms with van der Waals surface area (Å²) in [5, 5.41) is 3.28. The second kappa shape index (κ2) is 7.89. The largest absolute Gasteiger partial charge is 0.317 e. The van der Waals surface area contributed by atoms with Gasteiger partial charge < -0.3 is 5.32 Å². The lowest BCUT2D eigenvalue weighted by Gasteiger charge is -2.08. The first-order valence-electron chi connectivity index (χ1n) is 3.21. The molecule has 5 heteroatoms. The molecule has 1 N–H and O–H groups in total. The highest BCUT2D eigenvalue weighted by Gasteiger charge is 1.93. The van der Waals surface area contributed by atoms with E-state index in [9.17, 15) is 0 Å². The number of halogens is 3. The van der Waals surface area contributed by atoms with E-state index in [2.05, 4.69) is 40.6 Å². The Morgan fingerprint density at radius 3 is 1.40 bits per heavy atom. The number of nitrogens with zero attached hydrogens (tertiary/aromatic N) is 1. The second-order valence-electron chi connectivity index (χ2n) is 2.00. The highest BCUT2D eigenvalue weighted by Crippen LogP contribution is 1.99. The molecular formula is C5H11Cl3N2. The summed E-state index contributed by atoms with van der Waals surface area (Å²) in [5.41, 5.74) is 0. The minimum atomic E-state index is 0.417. The van der Waals surface area contributed by atoms with Gasteiger partial charge in [0.15, 0.2) is 0 Å². The van der Waals surface area contributed by atoms with Gasteiger partial charge in [0, 0.05) is 35.3 Å². The van der Waals surface area contributed by atoms with E-state index in [1.54, 1.807) is 0 Å². The molecule has 62 valence electrons. The Bertz CT molecular complexity index is 51.6. The van der Waals surface area contributed by atoms with Gasteiger partial charge in [0.2, 0.25) is 0 Å². The SMILES string of the molecule is C1CCNCC1.ClN(Cl)Cl. The smallest absolute Gasteiger partial charge is 0.0127 e. The molecule has 2 nitrogen and oxygen atoms in total. The van der Waals surface area contributed by atoms with Crippen molar-refractivity contribution in [3.8, 4) is 0 Å². The van der Waals surface area contributed by atoms with Crippen molar-refractivity contribution < 1.29 is 0 Å². The van der Waals surface area contributed by atoms with Gasteiger partial charge in [-0.25, -0.2) is 0 Å². The maximum atomic E-state index is 4.64. The van der Waals surface area contributed by atoms with Crippen LogP contribution in [-0.4, -0.2) is 16.5 Å². The van der Waals surface area contributed by atoms with Gasteiger partial charge >= 0.3 is 0 Å². The average molecular weight is 206 g/mol. The van der Waals surface area contributed by atoms with E-state index in [-0.39, 0.29) is 0 Å². The van der Waals surface area contributed by atoms with Crippen LogP contribution in [0.25, 0.3) is 0 Å². The highest BCUT2D eigenvalue weighted by molar-refractivity contribution is 6.50. The molecule has 0 aromatic rings. The molecule has 1 aliphatic rings. The van der Waals surface area contributed by atoms with Crippen molar-refractivity contribution in [2.24, 2.45) is 0 Å². The Balaban J connectivity index is 0.000000180. The zero-order valence-corrected chi connectivity index (χ0v) is 7.88. The van der Waals surface area contributed by atoms with Gasteiger partial charge in [0.05, 0.1) is 0 Å². The summed E-state index contributed by atoms with van der Waals surface area (Å²) in [5.74, 6) is 0. The number of hydrogen-bond acceptors (Lipinski definition) is 2. The third-order valence-electron chi connectivity index (χ3n) is 1.21. The minimum Gasteiger partial charge on any atom is -0.317 e. The average Bonchev–Trinajstić information content (AvgIpc) is 1.90. The number of rotatable bonds is 0. The van der Waals surface area contributed by atoms with E-state index >= 15 is 0 Å². The standard InChI is InChI=1S/C5H11N.Cl3N/c1-2-4-6-5-3-1;1-4(2)3/h6H,1-5H2;. The fourth-order valence-corrected chi connectivity index (χ4v) is 0.802. The quantitative estimate of drug-likeness (QED) is 0.612. The fraction of sp³-hybridized carbons (Fsp3) is 1.00. The topological polar surface area (TPSA) is 15.3 Å². The van der Waals surface area contributed by atoms with Crippen LogP contribution in [0.3, 0.4) is 0 Å². The van der Waals surface area contributed by atoms with Crippen molar-refractivity contribution in [1.82, 2.24) is 8.77 Å². The lowest BCUT2D eigenvalue weighted by Crippen LogP contribution is -2.21. The number of hydrogen-bond donors (Lipinski definition) is 1.